The van der Waals surface area contributed by atoms with Crippen LogP contribution in [0.3, 0.4) is 0 Å². The third-order valence-corrected chi connectivity index (χ3v) is 4.50. The Bertz CT molecular complexity index is 859. The lowest BCUT2D eigenvalue weighted by Gasteiger charge is -2.05. The third kappa shape index (κ3) is 3.57. The highest BCUT2D eigenvalue weighted by atomic mass is 35.5. The number of nitrogens with one attached hydrogen (secondary N) is 1. The summed E-state index contributed by atoms with van der Waals surface area (Å²) < 4.78 is 0. The van der Waals surface area contributed by atoms with E-state index in [1.54, 1.807) is 12.1 Å². The average molecular weight is 344 g/mol. The van der Waals surface area contributed by atoms with Gasteiger partial charge in [0.15, 0.2) is 0 Å². The van der Waals surface area contributed by atoms with E-state index in [2.05, 4.69) is 15.5 Å². The van der Waals surface area contributed by atoms with Gasteiger partial charge in [0.1, 0.15) is 5.01 Å². The topological polar surface area (TPSA) is 54.9 Å². The van der Waals surface area contributed by atoms with Crippen molar-refractivity contribution in [2.24, 2.45) is 0 Å². The molecule has 0 atom stereocenters. The predicted octanol–water partition coefficient (Wildman–Crippen LogP) is 4.73. The number of anilines is 1. The van der Waals surface area contributed by atoms with Crippen molar-refractivity contribution in [3.8, 4) is 10.6 Å². The van der Waals surface area contributed by atoms with Crippen molar-refractivity contribution in [2.75, 3.05) is 5.32 Å². The molecule has 23 heavy (non-hydrogen) atoms. The maximum Gasteiger partial charge on any atom is 0.257 e. The Balaban J connectivity index is 1.78. The van der Waals surface area contributed by atoms with Crippen molar-refractivity contribution in [2.45, 2.75) is 13.8 Å². The molecule has 0 unspecified atom stereocenters. The first-order chi connectivity index (χ1) is 11.0. The second kappa shape index (κ2) is 6.48. The normalized spacial score (nSPS) is 10.6. The number of hydrogen-bond donors (Lipinski definition) is 1. The van der Waals surface area contributed by atoms with Crippen LogP contribution in [0.15, 0.2) is 42.5 Å². The van der Waals surface area contributed by atoms with E-state index < -0.39 is 0 Å². The van der Waals surface area contributed by atoms with E-state index in [1.165, 1.54) is 11.3 Å². The van der Waals surface area contributed by atoms with Crippen molar-refractivity contribution < 1.29 is 4.79 Å². The summed E-state index contributed by atoms with van der Waals surface area (Å²) >= 11 is 7.20. The van der Waals surface area contributed by atoms with Gasteiger partial charge in [-0.3, -0.25) is 10.1 Å². The Morgan fingerprint density at radius 3 is 2.52 bits per heavy atom. The zero-order valence-electron chi connectivity index (χ0n) is 12.6. The molecule has 6 heteroatoms. The molecule has 0 saturated heterocycles. The SMILES string of the molecule is Cc1ccc(C(=O)Nc2nnc(-c3ccc(Cl)cc3)s2)c(C)c1. The number of nitrogens with zero attached hydrogens (tertiary/aromatic N) is 2. The van der Waals surface area contributed by atoms with E-state index in [0.717, 1.165) is 21.7 Å². The Morgan fingerprint density at radius 2 is 1.83 bits per heavy atom. The van der Waals surface area contributed by atoms with Crippen molar-refractivity contribution in [1.82, 2.24) is 10.2 Å². The van der Waals surface area contributed by atoms with Crippen LogP contribution >= 0.6 is 22.9 Å². The highest BCUT2D eigenvalue weighted by Crippen LogP contribution is 2.27. The molecule has 0 aliphatic carbocycles. The highest BCUT2D eigenvalue weighted by molar-refractivity contribution is 7.18. The fourth-order valence-corrected chi connectivity index (χ4v) is 3.09. The van der Waals surface area contributed by atoms with Crippen LogP contribution < -0.4 is 5.32 Å². The quantitative estimate of drug-likeness (QED) is 0.748. The molecule has 2 aromatic carbocycles. The molecule has 1 amide bonds. The van der Waals surface area contributed by atoms with E-state index in [0.29, 0.717) is 15.7 Å². The molecule has 3 aromatic rings. The van der Waals surface area contributed by atoms with E-state index in [1.807, 2.05) is 44.2 Å². The monoisotopic (exact) mass is 343 g/mol. The Kier molecular flexibility index (Phi) is 4.41. The molecule has 0 spiro atoms. The molecule has 0 fully saturated rings. The number of benzene rings is 2. The van der Waals surface area contributed by atoms with Crippen LogP contribution in [0.5, 0.6) is 0 Å². The number of hydrogen-bond acceptors (Lipinski definition) is 4. The van der Waals surface area contributed by atoms with Gasteiger partial charge in [-0.2, -0.15) is 0 Å². The molecule has 1 N–H and O–H groups in total. The van der Waals surface area contributed by atoms with E-state index in [9.17, 15) is 4.79 Å². The second-order valence-corrected chi connectivity index (χ2v) is 6.61. The number of amides is 1. The van der Waals surface area contributed by atoms with Gasteiger partial charge in [0.2, 0.25) is 5.13 Å². The fraction of sp³-hybridized carbons (Fsp3) is 0.118. The lowest BCUT2D eigenvalue weighted by atomic mass is 10.1. The maximum absolute atomic E-state index is 12.3. The molecule has 0 saturated carbocycles. The molecule has 0 aliphatic heterocycles. The molecule has 1 heterocycles. The average Bonchev–Trinajstić information content (AvgIpc) is 2.96. The first-order valence-electron chi connectivity index (χ1n) is 7.01. The summed E-state index contributed by atoms with van der Waals surface area (Å²) in [5.74, 6) is -0.179. The first kappa shape index (κ1) is 15.6. The van der Waals surface area contributed by atoms with E-state index in [-0.39, 0.29) is 5.91 Å². The van der Waals surface area contributed by atoms with Crippen molar-refractivity contribution in [3.05, 3.63) is 64.2 Å². The highest BCUT2D eigenvalue weighted by Gasteiger charge is 2.13. The van der Waals surface area contributed by atoms with Gasteiger partial charge in [-0.25, -0.2) is 0 Å². The number of rotatable bonds is 3. The molecule has 0 bridgehead atoms. The number of aryl methyl sites for hydroxylation is 2. The molecule has 116 valence electrons. The van der Waals surface area contributed by atoms with Crippen LogP contribution in [-0.4, -0.2) is 16.1 Å². The van der Waals surface area contributed by atoms with Crippen LogP contribution in [0.25, 0.3) is 10.6 Å². The molecular weight excluding hydrogens is 330 g/mol. The zero-order chi connectivity index (χ0) is 16.4. The lowest BCUT2D eigenvalue weighted by molar-refractivity contribution is 0.102. The van der Waals surface area contributed by atoms with Gasteiger partial charge >= 0.3 is 0 Å². The summed E-state index contributed by atoms with van der Waals surface area (Å²) in [5.41, 5.74) is 3.61. The van der Waals surface area contributed by atoms with Gasteiger partial charge in [0, 0.05) is 16.1 Å². The van der Waals surface area contributed by atoms with Gasteiger partial charge < -0.3 is 0 Å². The van der Waals surface area contributed by atoms with Gasteiger partial charge in [-0.15, -0.1) is 10.2 Å². The fourth-order valence-electron chi connectivity index (χ4n) is 2.22. The minimum absolute atomic E-state index is 0.179. The van der Waals surface area contributed by atoms with Crippen molar-refractivity contribution in [3.63, 3.8) is 0 Å². The van der Waals surface area contributed by atoms with Crippen molar-refractivity contribution in [1.29, 1.82) is 0 Å². The predicted molar refractivity (Wildman–Crippen MR) is 94.2 cm³/mol. The standard InChI is InChI=1S/C17H14ClN3OS/c1-10-3-8-14(11(2)9-10)15(22)19-17-21-20-16(23-17)12-4-6-13(18)7-5-12/h3-9H,1-2H3,(H,19,21,22). The summed E-state index contributed by atoms with van der Waals surface area (Å²) in [5, 5.41) is 12.8. The molecule has 4 nitrogen and oxygen atoms in total. The number of carbonyl (C=O) groups is 1. The Hall–Kier alpha value is -2.24. The Labute approximate surface area is 143 Å². The number of aromatic nitrogens is 2. The van der Waals surface area contributed by atoms with Crippen LogP contribution in [0.1, 0.15) is 21.5 Å². The minimum atomic E-state index is -0.179. The smallest absolute Gasteiger partial charge is 0.257 e. The van der Waals surface area contributed by atoms with E-state index >= 15 is 0 Å². The summed E-state index contributed by atoms with van der Waals surface area (Å²) in [6.45, 7) is 3.92. The number of carbonyl (C=O) groups excluding carboxylic acids is 1. The van der Waals surface area contributed by atoms with Gasteiger partial charge in [0.05, 0.1) is 0 Å². The van der Waals surface area contributed by atoms with Gasteiger partial charge in [-0.1, -0.05) is 52.8 Å². The third-order valence-electron chi connectivity index (χ3n) is 3.36. The van der Waals surface area contributed by atoms with Crippen LogP contribution in [0, 0.1) is 13.8 Å². The first-order valence-corrected chi connectivity index (χ1v) is 8.20. The zero-order valence-corrected chi connectivity index (χ0v) is 14.2. The molecule has 3 rings (SSSR count). The molecule has 1 aromatic heterocycles. The summed E-state index contributed by atoms with van der Waals surface area (Å²) in [6, 6.07) is 13.1. The van der Waals surface area contributed by atoms with Crippen LogP contribution in [0.4, 0.5) is 5.13 Å². The molecule has 0 aliphatic rings. The van der Waals surface area contributed by atoms with Crippen LogP contribution in [-0.2, 0) is 0 Å². The van der Waals surface area contributed by atoms with Gasteiger partial charge in [-0.05, 0) is 37.6 Å². The van der Waals surface area contributed by atoms with Gasteiger partial charge in [0.25, 0.3) is 5.91 Å². The lowest BCUT2D eigenvalue weighted by Crippen LogP contribution is -2.13. The van der Waals surface area contributed by atoms with E-state index in [4.69, 9.17) is 11.6 Å². The van der Waals surface area contributed by atoms with Crippen LogP contribution in [0.2, 0.25) is 5.02 Å². The second-order valence-electron chi connectivity index (χ2n) is 5.19. The molecular formula is C17H14ClN3OS. The minimum Gasteiger partial charge on any atom is -0.296 e. The summed E-state index contributed by atoms with van der Waals surface area (Å²) in [6.07, 6.45) is 0. The largest absolute Gasteiger partial charge is 0.296 e. The maximum atomic E-state index is 12.3. The van der Waals surface area contributed by atoms with Crippen molar-refractivity contribution >= 4 is 34.0 Å². The summed E-state index contributed by atoms with van der Waals surface area (Å²) in [4.78, 5) is 12.3. The number of halogens is 1. The Morgan fingerprint density at radius 1 is 1.09 bits per heavy atom. The summed E-state index contributed by atoms with van der Waals surface area (Å²) in [7, 11) is 0. The molecule has 0 radical (unpaired) electrons.